The van der Waals surface area contributed by atoms with Gasteiger partial charge in [-0.3, -0.25) is 4.79 Å². The predicted molar refractivity (Wildman–Crippen MR) is 101 cm³/mol. The first-order valence-electron chi connectivity index (χ1n) is 8.99. The number of carbonyl (C=O) groups excluding carboxylic acids is 1. The molecular formula is C19H27FN2O3S. The van der Waals surface area contributed by atoms with E-state index in [1.54, 1.807) is 12.1 Å². The van der Waals surface area contributed by atoms with Gasteiger partial charge in [0.1, 0.15) is 5.82 Å². The molecule has 1 N–H and O–H groups in total. The van der Waals surface area contributed by atoms with E-state index >= 15 is 0 Å². The summed E-state index contributed by atoms with van der Waals surface area (Å²) in [5.41, 5.74) is 2.19. The molecular weight excluding hydrogens is 355 g/mol. The molecule has 1 amide bonds. The summed E-state index contributed by atoms with van der Waals surface area (Å²) in [6, 6.07) is 5.92. The topological polar surface area (TPSA) is 66.5 Å². The van der Waals surface area contributed by atoms with E-state index < -0.39 is 10.0 Å². The van der Waals surface area contributed by atoms with E-state index in [0.717, 1.165) is 35.4 Å². The van der Waals surface area contributed by atoms with Crippen LogP contribution < -0.4 is 5.32 Å². The van der Waals surface area contributed by atoms with Crippen LogP contribution in [0.15, 0.2) is 35.9 Å². The van der Waals surface area contributed by atoms with Gasteiger partial charge in [0.25, 0.3) is 0 Å². The third kappa shape index (κ3) is 7.25. The first kappa shape index (κ1) is 20.6. The number of rotatable bonds is 9. The highest BCUT2D eigenvalue weighted by molar-refractivity contribution is 7.88. The van der Waals surface area contributed by atoms with Gasteiger partial charge in [-0.25, -0.2) is 12.8 Å². The minimum atomic E-state index is -3.50. The van der Waals surface area contributed by atoms with Gasteiger partial charge in [0.2, 0.25) is 15.9 Å². The van der Waals surface area contributed by atoms with Crippen molar-refractivity contribution >= 4 is 15.9 Å². The summed E-state index contributed by atoms with van der Waals surface area (Å²) >= 11 is 0. The molecule has 0 saturated carbocycles. The fraction of sp³-hybridized carbons (Fsp3) is 0.526. The van der Waals surface area contributed by atoms with E-state index in [2.05, 4.69) is 11.4 Å². The summed E-state index contributed by atoms with van der Waals surface area (Å²) in [6.07, 6.45) is 9.20. The number of sulfonamides is 1. The van der Waals surface area contributed by atoms with Crippen LogP contribution in [0.2, 0.25) is 0 Å². The van der Waals surface area contributed by atoms with E-state index in [1.165, 1.54) is 30.5 Å². The molecule has 0 spiro atoms. The van der Waals surface area contributed by atoms with Gasteiger partial charge >= 0.3 is 0 Å². The van der Waals surface area contributed by atoms with Crippen LogP contribution in [-0.2, 0) is 21.2 Å². The number of nitrogens with one attached hydrogen (secondary N) is 1. The average Bonchev–Trinajstić information content (AvgIpc) is 2.60. The minimum Gasteiger partial charge on any atom is -0.355 e. The van der Waals surface area contributed by atoms with Crippen molar-refractivity contribution in [2.45, 2.75) is 38.5 Å². The number of hydrogen-bond acceptors (Lipinski definition) is 3. The molecule has 0 atom stereocenters. The Morgan fingerprint density at radius 3 is 2.54 bits per heavy atom. The lowest BCUT2D eigenvalue weighted by molar-refractivity contribution is -0.121. The number of nitrogens with zero attached hydrogens (tertiary/aromatic N) is 1. The second-order valence-electron chi connectivity index (χ2n) is 6.68. The molecule has 1 aliphatic carbocycles. The lowest BCUT2D eigenvalue weighted by atomic mass is 9.97. The zero-order valence-corrected chi connectivity index (χ0v) is 16.0. The summed E-state index contributed by atoms with van der Waals surface area (Å²) in [4.78, 5) is 12.1. The number of benzene rings is 1. The van der Waals surface area contributed by atoms with Crippen molar-refractivity contribution in [3.63, 3.8) is 0 Å². The first-order valence-corrected chi connectivity index (χ1v) is 10.8. The maximum absolute atomic E-state index is 12.9. The highest BCUT2D eigenvalue weighted by Gasteiger charge is 2.20. The van der Waals surface area contributed by atoms with Gasteiger partial charge in [0.05, 0.1) is 12.8 Å². The largest absolute Gasteiger partial charge is 0.355 e. The number of allylic oxidation sites excluding steroid dienone is 1. The van der Waals surface area contributed by atoms with Gasteiger partial charge in [0, 0.05) is 13.1 Å². The van der Waals surface area contributed by atoms with Crippen LogP contribution in [0.1, 0.15) is 37.7 Å². The Hall–Kier alpha value is -1.73. The third-order valence-corrected chi connectivity index (χ3v) is 5.76. The SMILES string of the molecule is CS(=O)(=O)N(CCc1ccc(F)cc1)CC(=O)NCCC1=CCCCC1. The lowest BCUT2D eigenvalue weighted by Gasteiger charge is -2.20. The van der Waals surface area contributed by atoms with Crippen LogP contribution in [0.25, 0.3) is 0 Å². The van der Waals surface area contributed by atoms with Gasteiger partial charge in [-0.05, 0) is 56.2 Å². The summed E-state index contributed by atoms with van der Waals surface area (Å²) in [6.45, 7) is 0.516. The molecule has 2 rings (SSSR count). The maximum Gasteiger partial charge on any atom is 0.235 e. The van der Waals surface area contributed by atoms with E-state index in [1.807, 2.05) is 0 Å². The molecule has 7 heteroatoms. The summed E-state index contributed by atoms with van der Waals surface area (Å²) in [5.74, 6) is -0.632. The fourth-order valence-corrected chi connectivity index (χ4v) is 3.75. The second-order valence-corrected chi connectivity index (χ2v) is 8.66. The van der Waals surface area contributed by atoms with Crippen LogP contribution >= 0.6 is 0 Å². The van der Waals surface area contributed by atoms with Gasteiger partial charge in [-0.1, -0.05) is 23.8 Å². The molecule has 0 radical (unpaired) electrons. The van der Waals surface area contributed by atoms with E-state index in [4.69, 9.17) is 0 Å². The molecule has 0 aliphatic heterocycles. The van der Waals surface area contributed by atoms with Crippen molar-refractivity contribution in [2.75, 3.05) is 25.9 Å². The minimum absolute atomic E-state index is 0.184. The smallest absolute Gasteiger partial charge is 0.235 e. The second kappa shape index (κ2) is 9.83. The molecule has 0 fully saturated rings. The van der Waals surface area contributed by atoms with Crippen molar-refractivity contribution in [3.05, 3.63) is 47.3 Å². The molecule has 5 nitrogen and oxygen atoms in total. The number of halogens is 1. The first-order chi connectivity index (χ1) is 12.3. The molecule has 0 heterocycles. The van der Waals surface area contributed by atoms with Crippen molar-refractivity contribution in [1.82, 2.24) is 9.62 Å². The summed E-state index contributed by atoms with van der Waals surface area (Å²) in [5, 5.41) is 2.80. The molecule has 26 heavy (non-hydrogen) atoms. The van der Waals surface area contributed by atoms with Crippen molar-refractivity contribution in [3.8, 4) is 0 Å². The molecule has 0 unspecified atom stereocenters. The van der Waals surface area contributed by atoms with Crippen molar-refractivity contribution in [1.29, 1.82) is 0 Å². The third-order valence-electron chi connectivity index (χ3n) is 4.51. The maximum atomic E-state index is 12.9. The quantitative estimate of drug-likeness (QED) is 0.668. The van der Waals surface area contributed by atoms with Gasteiger partial charge < -0.3 is 5.32 Å². The average molecular weight is 383 g/mol. The predicted octanol–water partition coefficient (Wildman–Crippen LogP) is 2.64. The lowest BCUT2D eigenvalue weighted by Crippen LogP contribution is -2.41. The van der Waals surface area contributed by atoms with Gasteiger partial charge in [-0.15, -0.1) is 0 Å². The number of carbonyl (C=O) groups is 1. The van der Waals surface area contributed by atoms with E-state index in [0.29, 0.717) is 13.0 Å². The van der Waals surface area contributed by atoms with Crippen LogP contribution in [0.4, 0.5) is 4.39 Å². The summed E-state index contributed by atoms with van der Waals surface area (Å²) < 4.78 is 38.0. The Balaban J connectivity index is 1.81. The highest BCUT2D eigenvalue weighted by Crippen LogP contribution is 2.19. The molecule has 0 aromatic heterocycles. The van der Waals surface area contributed by atoms with Crippen LogP contribution in [0, 0.1) is 5.82 Å². The molecule has 144 valence electrons. The highest BCUT2D eigenvalue weighted by atomic mass is 32.2. The van der Waals surface area contributed by atoms with Crippen molar-refractivity contribution in [2.24, 2.45) is 0 Å². The van der Waals surface area contributed by atoms with Crippen LogP contribution in [-0.4, -0.2) is 44.5 Å². The van der Waals surface area contributed by atoms with E-state index in [-0.39, 0.29) is 24.8 Å². The number of hydrogen-bond donors (Lipinski definition) is 1. The van der Waals surface area contributed by atoms with Gasteiger partial charge in [0.15, 0.2) is 0 Å². The van der Waals surface area contributed by atoms with Crippen LogP contribution in [0.3, 0.4) is 0 Å². The molecule has 0 saturated heterocycles. The Labute approximate surface area is 155 Å². The van der Waals surface area contributed by atoms with E-state index in [9.17, 15) is 17.6 Å². The Kier molecular flexibility index (Phi) is 7.78. The zero-order valence-electron chi connectivity index (χ0n) is 15.2. The monoisotopic (exact) mass is 382 g/mol. The molecule has 1 aliphatic rings. The van der Waals surface area contributed by atoms with Crippen LogP contribution in [0.5, 0.6) is 0 Å². The van der Waals surface area contributed by atoms with Crippen molar-refractivity contribution < 1.29 is 17.6 Å². The molecule has 1 aromatic carbocycles. The Morgan fingerprint density at radius 2 is 1.92 bits per heavy atom. The normalized spacial score (nSPS) is 15.0. The Morgan fingerprint density at radius 1 is 1.19 bits per heavy atom. The fourth-order valence-electron chi connectivity index (χ4n) is 2.98. The Bertz CT molecular complexity index is 730. The number of amides is 1. The zero-order chi connectivity index (χ0) is 19.0. The molecule has 1 aromatic rings. The van der Waals surface area contributed by atoms with Gasteiger partial charge in [-0.2, -0.15) is 4.31 Å². The standard InChI is InChI=1S/C19H27FN2O3S/c1-26(24,25)22(14-12-17-7-9-18(20)10-8-17)15-19(23)21-13-11-16-5-3-2-4-6-16/h5,7-10H,2-4,6,11-15H2,1H3,(H,21,23). The summed E-state index contributed by atoms with van der Waals surface area (Å²) in [7, 11) is -3.50. The molecule has 0 bridgehead atoms.